The fourth-order valence-electron chi connectivity index (χ4n) is 1.87. The van der Waals surface area contributed by atoms with E-state index in [0.717, 1.165) is 25.9 Å². The van der Waals surface area contributed by atoms with Crippen LogP contribution in [0.2, 0.25) is 0 Å². The normalized spacial score (nSPS) is 12.5. The van der Waals surface area contributed by atoms with Crippen LogP contribution >= 0.6 is 0 Å². The lowest BCUT2D eigenvalue weighted by Crippen LogP contribution is -2.36. The zero-order valence-corrected chi connectivity index (χ0v) is 11.9. The van der Waals surface area contributed by atoms with Crippen LogP contribution in [-0.2, 0) is 4.79 Å². The summed E-state index contributed by atoms with van der Waals surface area (Å²) in [6, 6.07) is -0.0256. The number of hydrogen-bond donors (Lipinski definition) is 1. The summed E-state index contributed by atoms with van der Waals surface area (Å²) in [5, 5.41) is 0. The van der Waals surface area contributed by atoms with Crippen molar-refractivity contribution in [1.29, 1.82) is 0 Å². The number of hydrogen-bond acceptors (Lipinski definition) is 2. The molecule has 0 heterocycles. The zero-order chi connectivity index (χ0) is 13.1. The minimum atomic E-state index is -0.0256. The Morgan fingerprint density at radius 1 is 1.06 bits per heavy atom. The van der Waals surface area contributed by atoms with Crippen LogP contribution in [0.4, 0.5) is 0 Å². The van der Waals surface area contributed by atoms with Crippen LogP contribution in [0.5, 0.6) is 0 Å². The highest BCUT2D eigenvalue weighted by Gasteiger charge is 2.13. The maximum absolute atomic E-state index is 12.0. The van der Waals surface area contributed by atoms with E-state index >= 15 is 0 Å². The minimum absolute atomic E-state index is 0.0256. The number of amides is 1. The third-order valence-electron chi connectivity index (χ3n) is 2.91. The molecular weight excluding hydrogens is 212 g/mol. The van der Waals surface area contributed by atoms with Crippen LogP contribution in [0.3, 0.4) is 0 Å². The Morgan fingerprint density at radius 2 is 1.53 bits per heavy atom. The molecule has 0 bridgehead atoms. The molecule has 3 nitrogen and oxygen atoms in total. The molecule has 0 rings (SSSR count). The molecule has 2 N–H and O–H groups in total. The van der Waals surface area contributed by atoms with Crippen LogP contribution in [0, 0.1) is 0 Å². The number of nitrogens with two attached hydrogens (primary N) is 1. The van der Waals surface area contributed by atoms with E-state index in [-0.39, 0.29) is 11.9 Å². The van der Waals surface area contributed by atoms with E-state index in [0.29, 0.717) is 6.42 Å². The lowest BCUT2D eigenvalue weighted by molar-refractivity contribution is -0.131. The van der Waals surface area contributed by atoms with Crippen molar-refractivity contribution in [3.05, 3.63) is 0 Å². The summed E-state index contributed by atoms with van der Waals surface area (Å²) in [7, 11) is 0. The third-order valence-corrected chi connectivity index (χ3v) is 2.91. The Kier molecular flexibility index (Phi) is 10.2. The van der Waals surface area contributed by atoms with Crippen LogP contribution in [0.1, 0.15) is 65.7 Å². The number of carbonyl (C=O) groups excluding carboxylic acids is 1. The maximum atomic E-state index is 12.0. The van der Waals surface area contributed by atoms with E-state index in [9.17, 15) is 4.79 Å². The Balaban J connectivity index is 4.03. The van der Waals surface area contributed by atoms with Gasteiger partial charge in [-0.3, -0.25) is 4.79 Å². The number of nitrogens with zero attached hydrogens (tertiary/aromatic N) is 1. The molecule has 0 saturated carbocycles. The standard InChI is InChI=1S/C14H30N2O/c1-4-6-8-10-16(11-9-7-5-2)14(17)12-13(3)15/h13H,4-12,15H2,1-3H3. The first-order valence-corrected chi connectivity index (χ1v) is 7.15. The van der Waals surface area contributed by atoms with E-state index in [1.165, 1.54) is 25.7 Å². The predicted molar refractivity (Wildman–Crippen MR) is 73.9 cm³/mol. The van der Waals surface area contributed by atoms with Crippen molar-refractivity contribution in [3.8, 4) is 0 Å². The molecule has 1 atom stereocenters. The van der Waals surface area contributed by atoms with E-state index in [1.54, 1.807) is 0 Å². The number of rotatable bonds is 10. The fourth-order valence-corrected chi connectivity index (χ4v) is 1.87. The third kappa shape index (κ3) is 9.16. The SMILES string of the molecule is CCCCCN(CCCCC)C(=O)CC(C)N. The maximum Gasteiger partial charge on any atom is 0.224 e. The Hall–Kier alpha value is -0.570. The lowest BCUT2D eigenvalue weighted by Gasteiger charge is -2.23. The molecule has 0 spiro atoms. The van der Waals surface area contributed by atoms with Gasteiger partial charge in [-0.25, -0.2) is 0 Å². The van der Waals surface area contributed by atoms with Gasteiger partial charge >= 0.3 is 0 Å². The second-order valence-corrected chi connectivity index (χ2v) is 4.98. The Morgan fingerprint density at radius 3 is 1.88 bits per heavy atom. The molecule has 0 aromatic heterocycles. The topological polar surface area (TPSA) is 46.3 Å². The van der Waals surface area contributed by atoms with Gasteiger partial charge in [0.15, 0.2) is 0 Å². The quantitative estimate of drug-likeness (QED) is 0.599. The molecule has 0 fully saturated rings. The molecular formula is C14H30N2O. The molecule has 0 aliphatic carbocycles. The van der Waals surface area contributed by atoms with E-state index < -0.39 is 0 Å². The number of unbranched alkanes of at least 4 members (excludes halogenated alkanes) is 4. The first-order valence-electron chi connectivity index (χ1n) is 7.15. The van der Waals surface area contributed by atoms with Crippen molar-refractivity contribution >= 4 is 5.91 Å². The molecule has 3 heteroatoms. The van der Waals surface area contributed by atoms with Crippen molar-refractivity contribution in [2.24, 2.45) is 5.73 Å². The summed E-state index contributed by atoms with van der Waals surface area (Å²) >= 11 is 0. The molecule has 0 radical (unpaired) electrons. The van der Waals surface area contributed by atoms with Crippen LogP contribution in [0.15, 0.2) is 0 Å². The van der Waals surface area contributed by atoms with Crippen molar-refractivity contribution < 1.29 is 4.79 Å². The Labute approximate surface area is 107 Å². The predicted octanol–water partition coefficient (Wildman–Crippen LogP) is 2.93. The van der Waals surface area contributed by atoms with Gasteiger partial charge in [0.25, 0.3) is 0 Å². The van der Waals surface area contributed by atoms with Crippen molar-refractivity contribution in [2.45, 2.75) is 71.8 Å². The molecule has 1 amide bonds. The first kappa shape index (κ1) is 16.4. The van der Waals surface area contributed by atoms with Crippen LogP contribution in [-0.4, -0.2) is 29.9 Å². The summed E-state index contributed by atoms with van der Waals surface area (Å²) in [6.45, 7) is 8.08. The monoisotopic (exact) mass is 242 g/mol. The lowest BCUT2D eigenvalue weighted by atomic mass is 10.1. The highest BCUT2D eigenvalue weighted by molar-refractivity contribution is 5.76. The van der Waals surface area contributed by atoms with E-state index in [4.69, 9.17) is 5.73 Å². The fraction of sp³-hybridized carbons (Fsp3) is 0.929. The molecule has 0 aromatic carbocycles. The van der Waals surface area contributed by atoms with Gasteiger partial charge in [0.2, 0.25) is 5.91 Å². The highest BCUT2D eigenvalue weighted by atomic mass is 16.2. The second-order valence-electron chi connectivity index (χ2n) is 4.98. The molecule has 0 saturated heterocycles. The second kappa shape index (κ2) is 10.6. The highest BCUT2D eigenvalue weighted by Crippen LogP contribution is 2.05. The zero-order valence-electron chi connectivity index (χ0n) is 11.9. The number of carbonyl (C=O) groups is 1. The summed E-state index contributed by atoms with van der Waals surface area (Å²) in [5.74, 6) is 0.229. The minimum Gasteiger partial charge on any atom is -0.343 e. The van der Waals surface area contributed by atoms with Gasteiger partial charge in [0, 0.05) is 25.6 Å². The van der Waals surface area contributed by atoms with Crippen molar-refractivity contribution in [2.75, 3.05) is 13.1 Å². The molecule has 0 aliphatic rings. The summed E-state index contributed by atoms with van der Waals surface area (Å²) in [5.41, 5.74) is 5.69. The molecule has 17 heavy (non-hydrogen) atoms. The summed E-state index contributed by atoms with van der Waals surface area (Å²) in [4.78, 5) is 14.0. The first-order chi connectivity index (χ1) is 8.11. The molecule has 0 aromatic rings. The van der Waals surface area contributed by atoms with E-state index in [1.807, 2.05) is 11.8 Å². The van der Waals surface area contributed by atoms with Crippen molar-refractivity contribution in [1.82, 2.24) is 4.90 Å². The van der Waals surface area contributed by atoms with E-state index in [2.05, 4.69) is 13.8 Å². The van der Waals surface area contributed by atoms with Gasteiger partial charge in [-0.05, 0) is 19.8 Å². The van der Waals surface area contributed by atoms with Crippen molar-refractivity contribution in [3.63, 3.8) is 0 Å². The summed E-state index contributed by atoms with van der Waals surface area (Å²) in [6.07, 6.45) is 7.53. The van der Waals surface area contributed by atoms with Gasteiger partial charge in [0.05, 0.1) is 0 Å². The Bertz CT molecular complexity index is 183. The average molecular weight is 242 g/mol. The largest absolute Gasteiger partial charge is 0.343 e. The van der Waals surface area contributed by atoms with Gasteiger partial charge in [-0.1, -0.05) is 39.5 Å². The van der Waals surface area contributed by atoms with Crippen LogP contribution < -0.4 is 5.73 Å². The summed E-state index contributed by atoms with van der Waals surface area (Å²) < 4.78 is 0. The van der Waals surface area contributed by atoms with Gasteiger partial charge in [0.1, 0.15) is 0 Å². The van der Waals surface area contributed by atoms with Crippen LogP contribution in [0.25, 0.3) is 0 Å². The molecule has 1 unspecified atom stereocenters. The average Bonchev–Trinajstić information content (AvgIpc) is 2.26. The van der Waals surface area contributed by atoms with Gasteiger partial charge < -0.3 is 10.6 Å². The van der Waals surface area contributed by atoms with Gasteiger partial charge in [-0.15, -0.1) is 0 Å². The molecule has 0 aliphatic heterocycles. The smallest absolute Gasteiger partial charge is 0.224 e. The molecule has 102 valence electrons. The van der Waals surface area contributed by atoms with Gasteiger partial charge in [-0.2, -0.15) is 0 Å².